The van der Waals surface area contributed by atoms with Gasteiger partial charge in [0.1, 0.15) is 0 Å². The van der Waals surface area contributed by atoms with Crippen LogP contribution in [0.15, 0.2) is 33.6 Å². The lowest BCUT2D eigenvalue weighted by Crippen LogP contribution is -1.84. The molecule has 0 aromatic heterocycles. The number of hydrogen-bond acceptors (Lipinski definition) is 1. The Bertz CT molecular complexity index is 550. The topological polar surface area (TPSA) is 0 Å². The molecule has 3 rings (SSSR count). The maximum atomic E-state index is 3.70. The van der Waals surface area contributed by atoms with Gasteiger partial charge in [-0.15, -0.1) is 11.8 Å². The molecule has 0 aliphatic heterocycles. The van der Waals surface area contributed by atoms with Crippen LogP contribution in [0.3, 0.4) is 0 Å². The Morgan fingerprint density at radius 1 is 1.06 bits per heavy atom. The lowest BCUT2D eigenvalue weighted by atomic mass is 10.1. The Labute approximate surface area is 109 Å². The molecule has 0 atom stereocenters. The van der Waals surface area contributed by atoms with E-state index < -0.39 is 0 Å². The first-order valence-corrected chi connectivity index (χ1v) is 7.45. The Morgan fingerprint density at radius 3 is 2.44 bits per heavy atom. The smallest absolute Gasteiger partial charge is 0.0265 e. The average Bonchev–Trinajstić information content (AvgIpc) is 2.70. The van der Waals surface area contributed by atoms with Gasteiger partial charge >= 0.3 is 0 Å². The zero-order chi connectivity index (χ0) is 11.1. The summed E-state index contributed by atoms with van der Waals surface area (Å²) in [5.74, 6) is 1.13. The van der Waals surface area contributed by atoms with Crippen molar-refractivity contribution in [1.82, 2.24) is 0 Å². The molecule has 0 radical (unpaired) electrons. The van der Waals surface area contributed by atoms with Gasteiger partial charge in [0, 0.05) is 14.8 Å². The highest BCUT2D eigenvalue weighted by Gasteiger charge is 2.17. The van der Waals surface area contributed by atoms with E-state index in [1.54, 1.807) is 0 Å². The lowest BCUT2D eigenvalue weighted by Gasteiger charge is -2.09. The number of benzene rings is 2. The highest BCUT2D eigenvalue weighted by atomic mass is 79.9. The summed E-state index contributed by atoms with van der Waals surface area (Å²) in [6, 6.07) is 9.06. The molecule has 0 fully saturated rings. The molecule has 0 nitrogen and oxygen atoms in total. The third-order valence-corrected chi connectivity index (χ3v) is 4.81. The van der Waals surface area contributed by atoms with Crippen LogP contribution in [0.1, 0.15) is 18.1 Å². The van der Waals surface area contributed by atoms with Gasteiger partial charge in [0.05, 0.1) is 0 Å². The molecule has 2 aromatic rings. The van der Waals surface area contributed by atoms with E-state index in [1.165, 1.54) is 44.1 Å². The summed E-state index contributed by atoms with van der Waals surface area (Å²) in [6.07, 6.45) is 2.42. The number of halogens is 1. The van der Waals surface area contributed by atoms with Crippen molar-refractivity contribution in [3.63, 3.8) is 0 Å². The fourth-order valence-corrected chi connectivity index (χ4v) is 4.04. The van der Waals surface area contributed by atoms with Gasteiger partial charge in [-0.1, -0.05) is 35.0 Å². The highest BCUT2D eigenvalue weighted by Crippen LogP contribution is 2.40. The first-order valence-electron chi connectivity index (χ1n) is 5.67. The monoisotopic (exact) mass is 292 g/mol. The van der Waals surface area contributed by atoms with Gasteiger partial charge in [0.2, 0.25) is 0 Å². The molecule has 0 saturated heterocycles. The standard InChI is InChI=1S/C14H13BrS/c1-2-16-12-8-6-10-4-3-9-5-7-11(15)14(12)13(9)10/h5-8H,2-4H2,1H3. The Morgan fingerprint density at radius 2 is 1.75 bits per heavy atom. The quantitative estimate of drug-likeness (QED) is 0.716. The summed E-state index contributed by atoms with van der Waals surface area (Å²) in [6.45, 7) is 2.21. The van der Waals surface area contributed by atoms with Crippen molar-refractivity contribution in [2.45, 2.75) is 24.7 Å². The van der Waals surface area contributed by atoms with E-state index in [4.69, 9.17) is 0 Å². The molecular formula is C14H13BrS. The molecule has 1 aliphatic carbocycles. The third-order valence-electron chi connectivity index (χ3n) is 3.21. The molecule has 2 aromatic carbocycles. The molecule has 0 unspecified atom stereocenters. The van der Waals surface area contributed by atoms with Crippen LogP contribution in [0, 0.1) is 0 Å². The Balaban J connectivity index is 2.39. The van der Waals surface area contributed by atoms with Crippen LogP contribution >= 0.6 is 27.7 Å². The minimum atomic E-state index is 1.13. The maximum absolute atomic E-state index is 3.70. The second kappa shape index (κ2) is 4.08. The van der Waals surface area contributed by atoms with Gasteiger partial charge in [-0.05, 0) is 47.2 Å². The SMILES string of the molecule is CCSc1ccc2c3c(ccc(Br)c13)CC2. The Kier molecular flexibility index (Phi) is 2.72. The molecule has 0 amide bonds. The van der Waals surface area contributed by atoms with Crippen molar-refractivity contribution >= 4 is 38.5 Å². The van der Waals surface area contributed by atoms with Gasteiger partial charge in [0.15, 0.2) is 0 Å². The number of aryl methyl sites for hydroxylation is 2. The van der Waals surface area contributed by atoms with Gasteiger partial charge in [-0.2, -0.15) is 0 Å². The average molecular weight is 293 g/mol. The van der Waals surface area contributed by atoms with Crippen LogP contribution in [0.4, 0.5) is 0 Å². The van der Waals surface area contributed by atoms with Crippen LogP contribution in [0.2, 0.25) is 0 Å². The van der Waals surface area contributed by atoms with Gasteiger partial charge in [-0.25, -0.2) is 0 Å². The van der Waals surface area contributed by atoms with E-state index in [0.717, 1.165) is 5.75 Å². The fraction of sp³-hybridized carbons (Fsp3) is 0.286. The summed E-state index contributed by atoms with van der Waals surface area (Å²) in [4.78, 5) is 1.41. The van der Waals surface area contributed by atoms with Gasteiger partial charge in [0.25, 0.3) is 0 Å². The molecule has 0 N–H and O–H groups in total. The molecule has 0 bridgehead atoms. The molecule has 0 saturated carbocycles. The number of rotatable bonds is 2. The second-order valence-electron chi connectivity index (χ2n) is 4.11. The van der Waals surface area contributed by atoms with E-state index in [9.17, 15) is 0 Å². The summed E-state index contributed by atoms with van der Waals surface area (Å²) in [5, 5.41) is 2.94. The Hall–Kier alpha value is -0.470. The van der Waals surface area contributed by atoms with Crippen LogP contribution < -0.4 is 0 Å². The summed E-state index contributed by atoms with van der Waals surface area (Å²) < 4.78 is 1.24. The van der Waals surface area contributed by atoms with Crippen LogP contribution in [-0.4, -0.2) is 5.75 Å². The lowest BCUT2D eigenvalue weighted by molar-refractivity contribution is 1.02. The third kappa shape index (κ3) is 1.51. The number of hydrogen-bond donors (Lipinski definition) is 0. The zero-order valence-corrected chi connectivity index (χ0v) is 11.6. The van der Waals surface area contributed by atoms with Crippen molar-refractivity contribution in [3.05, 3.63) is 39.9 Å². The fourth-order valence-electron chi connectivity index (χ4n) is 2.53. The zero-order valence-electron chi connectivity index (χ0n) is 9.22. The predicted molar refractivity (Wildman–Crippen MR) is 75.5 cm³/mol. The van der Waals surface area contributed by atoms with Crippen LogP contribution in [0.5, 0.6) is 0 Å². The molecule has 0 heterocycles. The van der Waals surface area contributed by atoms with E-state index in [0.29, 0.717) is 0 Å². The van der Waals surface area contributed by atoms with Crippen molar-refractivity contribution in [3.8, 4) is 0 Å². The van der Waals surface area contributed by atoms with E-state index in [1.807, 2.05) is 11.8 Å². The van der Waals surface area contributed by atoms with E-state index in [-0.39, 0.29) is 0 Å². The van der Waals surface area contributed by atoms with Crippen molar-refractivity contribution < 1.29 is 0 Å². The summed E-state index contributed by atoms with van der Waals surface area (Å²) in [5.41, 5.74) is 3.04. The predicted octanol–water partition coefficient (Wildman–Crippen LogP) is 4.81. The van der Waals surface area contributed by atoms with E-state index in [2.05, 4.69) is 47.1 Å². The molecule has 0 spiro atoms. The minimum Gasteiger partial charge on any atom is -0.126 e. The van der Waals surface area contributed by atoms with Crippen LogP contribution in [-0.2, 0) is 12.8 Å². The summed E-state index contributed by atoms with van der Waals surface area (Å²) in [7, 11) is 0. The van der Waals surface area contributed by atoms with Crippen molar-refractivity contribution in [1.29, 1.82) is 0 Å². The van der Waals surface area contributed by atoms with Gasteiger partial charge in [-0.3, -0.25) is 0 Å². The second-order valence-corrected chi connectivity index (χ2v) is 6.27. The molecular weight excluding hydrogens is 280 g/mol. The molecule has 82 valence electrons. The highest BCUT2D eigenvalue weighted by molar-refractivity contribution is 9.10. The molecule has 16 heavy (non-hydrogen) atoms. The number of thioether (sulfide) groups is 1. The summed E-state index contributed by atoms with van der Waals surface area (Å²) >= 11 is 5.63. The van der Waals surface area contributed by atoms with Crippen molar-refractivity contribution in [2.24, 2.45) is 0 Å². The maximum Gasteiger partial charge on any atom is 0.0265 e. The van der Waals surface area contributed by atoms with Crippen molar-refractivity contribution in [2.75, 3.05) is 5.75 Å². The normalized spacial score (nSPS) is 13.6. The first kappa shape index (κ1) is 10.7. The first-order chi connectivity index (χ1) is 7.81. The van der Waals surface area contributed by atoms with Crippen LogP contribution in [0.25, 0.3) is 10.8 Å². The minimum absolute atomic E-state index is 1.13. The molecule has 1 aliphatic rings. The van der Waals surface area contributed by atoms with Gasteiger partial charge < -0.3 is 0 Å². The largest absolute Gasteiger partial charge is 0.126 e. The molecule has 2 heteroatoms. The van der Waals surface area contributed by atoms with E-state index >= 15 is 0 Å².